The molecule has 2 heterocycles. The first-order valence-electron chi connectivity index (χ1n) is 7.37. The fourth-order valence-corrected chi connectivity index (χ4v) is 4.24. The highest BCUT2D eigenvalue weighted by molar-refractivity contribution is 4.93. The lowest BCUT2D eigenvalue weighted by Crippen LogP contribution is -2.33. The molecule has 0 spiro atoms. The minimum absolute atomic E-state index is 0.885. The van der Waals surface area contributed by atoms with E-state index in [-0.39, 0.29) is 0 Å². The van der Waals surface area contributed by atoms with Crippen LogP contribution in [0.25, 0.3) is 0 Å². The lowest BCUT2D eigenvalue weighted by atomic mass is 9.76. The van der Waals surface area contributed by atoms with Crippen molar-refractivity contribution in [3.8, 4) is 0 Å². The second-order valence-electron chi connectivity index (χ2n) is 6.17. The maximum atomic E-state index is 3.78. The molecule has 4 atom stereocenters. The SMILES string of the molecule is C1CCC2C(C[C@@H]3CCCNC3)CNC2C1. The van der Waals surface area contributed by atoms with Crippen molar-refractivity contribution < 1.29 is 0 Å². The van der Waals surface area contributed by atoms with E-state index in [1.54, 1.807) is 0 Å². The third-order valence-corrected chi connectivity index (χ3v) is 5.10. The van der Waals surface area contributed by atoms with Gasteiger partial charge in [0.05, 0.1) is 0 Å². The summed E-state index contributed by atoms with van der Waals surface area (Å²) in [6, 6.07) is 0.885. The first-order chi connectivity index (χ1) is 7.93. The van der Waals surface area contributed by atoms with Gasteiger partial charge in [-0.25, -0.2) is 0 Å². The molecule has 2 nitrogen and oxygen atoms in total. The van der Waals surface area contributed by atoms with Gasteiger partial charge >= 0.3 is 0 Å². The molecule has 3 fully saturated rings. The summed E-state index contributed by atoms with van der Waals surface area (Å²) in [5.41, 5.74) is 0. The summed E-state index contributed by atoms with van der Waals surface area (Å²) in [7, 11) is 0. The van der Waals surface area contributed by atoms with E-state index in [1.165, 1.54) is 64.6 Å². The van der Waals surface area contributed by atoms with Crippen LogP contribution in [-0.2, 0) is 0 Å². The van der Waals surface area contributed by atoms with E-state index < -0.39 is 0 Å². The summed E-state index contributed by atoms with van der Waals surface area (Å²) in [6.07, 6.45) is 10.3. The molecule has 0 radical (unpaired) electrons. The van der Waals surface area contributed by atoms with Gasteiger partial charge in [-0.15, -0.1) is 0 Å². The van der Waals surface area contributed by atoms with Crippen LogP contribution in [0.4, 0.5) is 0 Å². The van der Waals surface area contributed by atoms with Crippen molar-refractivity contribution in [3.63, 3.8) is 0 Å². The van der Waals surface area contributed by atoms with Crippen LogP contribution < -0.4 is 10.6 Å². The number of hydrogen-bond donors (Lipinski definition) is 2. The van der Waals surface area contributed by atoms with E-state index in [9.17, 15) is 0 Å². The third-order valence-electron chi connectivity index (χ3n) is 5.10. The molecule has 0 aromatic rings. The van der Waals surface area contributed by atoms with Crippen molar-refractivity contribution >= 4 is 0 Å². The zero-order valence-corrected chi connectivity index (χ0v) is 10.4. The van der Waals surface area contributed by atoms with Gasteiger partial charge in [0.25, 0.3) is 0 Å². The Hall–Kier alpha value is -0.0800. The zero-order valence-electron chi connectivity index (χ0n) is 10.4. The molecule has 1 saturated carbocycles. The van der Waals surface area contributed by atoms with E-state index in [0.717, 1.165) is 23.8 Å². The van der Waals surface area contributed by atoms with Gasteiger partial charge in [0.2, 0.25) is 0 Å². The Kier molecular flexibility index (Phi) is 3.49. The molecule has 3 aliphatic rings. The Morgan fingerprint density at radius 3 is 2.75 bits per heavy atom. The average molecular weight is 222 g/mol. The number of hydrogen-bond acceptors (Lipinski definition) is 2. The Balaban J connectivity index is 1.54. The Labute approximate surface area is 99.6 Å². The van der Waals surface area contributed by atoms with E-state index in [2.05, 4.69) is 10.6 Å². The molecule has 92 valence electrons. The monoisotopic (exact) mass is 222 g/mol. The van der Waals surface area contributed by atoms with Gasteiger partial charge in [0.1, 0.15) is 0 Å². The topological polar surface area (TPSA) is 24.1 Å². The lowest BCUT2D eigenvalue weighted by Gasteiger charge is -2.31. The molecule has 3 rings (SSSR count). The van der Waals surface area contributed by atoms with Crippen molar-refractivity contribution in [1.29, 1.82) is 0 Å². The Bertz CT molecular complexity index is 223. The van der Waals surface area contributed by atoms with Gasteiger partial charge in [-0.1, -0.05) is 12.8 Å². The summed E-state index contributed by atoms with van der Waals surface area (Å²) < 4.78 is 0. The van der Waals surface area contributed by atoms with Crippen LogP contribution in [0.1, 0.15) is 44.9 Å². The summed E-state index contributed by atoms with van der Waals surface area (Å²) in [5.74, 6) is 2.99. The quantitative estimate of drug-likeness (QED) is 0.748. The van der Waals surface area contributed by atoms with E-state index in [4.69, 9.17) is 0 Å². The van der Waals surface area contributed by atoms with Gasteiger partial charge < -0.3 is 10.6 Å². The van der Waals surface area contributed by atoms with Gasteiger partial charge in [0.15, 0.2) is 0 Å². The van der Waals surface area contributed by atoms with Crippen LogP contribution in [0.2, 0.25) is 0 Å². The minimum Gasteiger partial charge on any atom is -0.316 e. The molecule has 0 amide bonds. The molecule has 0 aromatic carbocycles. The van der Waals surface area contributed by atoms with E-state index in [1.807, 2.05) is 0 Å². The predicted molar refractivity (Wildman–Crippen MR) is 67.4 cm³/mol. The zero-order chi connectivity index (χ0) is 10.8. The van der Waals surface area contributed by atoms with E-state index in [0.29, 0.717) is 0 Å². The van der Waals surface area contributed by atoms with Crippen LogP contribution in [0.5, 0.6) is 0 Å². The summed E-state index contributed by atoms with van der Waals surface area (Å²) >= 11 is 0. The maximum absolute atomic E-state index is 3.78. The fraction of sp³-hybridized carbons (Fsp3) is 1.00. The normalized spacial score (nSPS) is 44.2. The van der Waals surface area contributed by atoms with Gasteiger partial charge in [-0.3, -0.25) is 0 Å². The van der Waals surface area contributed by atoms with Crippen LogP contribution in [-0.4, -0.2) is 25.7 Å². The summed E-state index contributed by atoms with van der Waals surface area (Å²) in [4.78, 5) is 0. The summed E-state index contributed by atoms with van der Waals surface area (Å²) in [5, 5.41) is 7.34. The van der Waals surface area contributed by atoms with Crippen LogP contribution in [0.15, 0.2) is 0 Å². The molecular formula is C14H26N2. The molecule has 2 N–H and O–H groups in total. The number of nitrogens with one attached hydrogen (secondary N) is 2. The molecule has 2 saturated heterocycles. The largest absolute Gasteiger partial charge is 0.316 e. The van der Waals surface area contributed by atoms with Crippen molar-refractivity contribution in [2.24, 2.45) is 17.8 Å². The predicted octanol–water partition coefficient (Wildman–Crippen LogP) is 2.15. The van der Waals surface area contributed by atoms with Gasteiger partial charge in [0, 0.05) is 6.04 Å². The van der Waals surface area contributed by atoms with Crippen molar-refractivity contribution in [2.75, 3.05) is 19.6 Å². The lowest BCUT2D eigenvalue weighted by molar-refractivity contribution is 0.226. The average Bonchev–Trinajstić information content (AvgIpc) is 2.74. The van der Waals surface area contributed by atoms with Gasteiger partial charge in [-0.2, -0.15) is 0 Å². The number of piperidine rings is 1. The van der Waals surface area contributed by atoms with Crippen molar-refractivity contribution in [2.45, 2.75) is 51.0 Å². The number of fused-ring (bicyclic) bond motifs is 1. The van der Waals surface area contributed by atoms with Crippen LogP contribution in [0, 0.1) is 17.8 Å². The standard InChI is InChI=1S/C14H26N2/c1-2-6-14-13(5-1)12(10-16-14)8-11-4-3-7-15-9-11/h11-16H,1-10H2/t11-,12?,13?,14?/m0/s1. The minimum atomic E-state index is 0.885. The molecule has 0 bridgehead atoms. The highest BCUT2D eigenvalue weighted by Crippen LogP contribution is 2.38. The molecule has 2 heteroatoms. The third kappa shape index (κ3) is 2.28. The first kappa shape index (κ1) is 11.0. The summed E-state index contributed by atoms with van der Waals surface area (Å²) in [6.45, 7) is 3.85. The van der Waals surface area contributed by atoms with Crippen LogP contribution >= 0.6 is 0 Å². The molecule has 2 aliphatic heterocycles. The molecule has 0 aromatic heterocycles. The Morgan fingerprint density at radius 2 is 1.88 bits per heavy atom. The highest BCUT2D eigenvalue weighted by Gasteiger charge is 2.37. The molecule has 1 aliphatic carbocycles. The highest BCUT2D eigenvalue weighted by atomic mass is 15.0. The van der Waals surface area contributed by atoms with Crippen molar-refractivity contribution in [1.82, 2.24) is 10.6 Å². The maximum Gasteiger partial charge on any atom is 0.00985 e. The smallest absolute Gasteiger partial charge is 0.00985 e. The van der Waals surface area contributed by atoms with Crippen LogP contribution in [0.3, 0.4) is 0 Å². The second-order valence-corrected chi connectivity index (χ2v) is 6.17. The van der Waals surface area contributed by atoms with Crippen molar-refractivity contribution in [3.05, 3.63) is 0 Å². The number of rotatable bonds is 2. The van der Waals surface area contributed by atoms with E-state index >= 15 is 0 Å². The first-order valence-corrected chi connectivity index (χ1v) is 7.37. The molecule has 3 unspecified atom stereocenters. The fourth-order valence-electron chi connectivity index (χ4n) is 4.24. The Morgan fingerprint density at radius 1 is 0.938 bits per heavy atom. The van der Waals surface area contributed by atoms with Gasteiger partial charge in [-0.05, 0) is 69.5 Å². The second kappa shape index (κ2) is 5.05. The molecular weight excluding hydrogens is 196 g/mol. The molecule has 16 heavy (non-hydrogen) atoms.